The minimum atomic E-state index is -3.46. The van der Waals surface area contributed by atoms with E-state index in [1.54, 1.807) is 6.07 Å². The van der Waals surface area contributed by atoms with Crippen LogP contribution in [0.2, 0.25) is 0 Å². The molecule has 0 fully saturated rings. The van der Waals surface area contributed by atoms with Gasteiger partial charge in [0.05, 0.1) is 4.90 Å². The van der Waals surface area contributed by atoms with Gasteiger partial charge in [-0.1, -0.05) is 20.3 Å². The van der Waals surface area contributed by atoms with Crippen LogP contribution in [0.15, 0.2) is 17.0 Å². The fourth-order valence-corrected chi connectivity index (χ4v) is 2.77. The van der Waals surface area contributed by atoms with E-state index < -0.39 is 10.0 Å². The van der Waals surface area contributed by atoms with Gasteiger partial charge in [-0.15, -0.1) is 0 Å². The minimum absolute atomic E-state index is 0.242. The number of anilines is 1. The van der Waals surface area contributed by atoms with Gasteiger partial charge in [0.1, 0.15) is 0 Å². The topological polar surface area (TPSA) is 72.2 Å². The van der Waals surface area contributed by atoms with Crippen LogP contribution in [0.1, 0.15) is 31.4 Å². The Kier molecular flexibility index (Phi) is 4.76. The molecule has 1 rings (SSSR count). The minimum Gasteiger partial charge on any atom is -0.398 e. The van der Waals surface area contributed by atoms with E-state index in [4.69, 9.17) is 5.73 Å². The average Bonchev–Trinajstić information content (AvgIpc) is 2.32. The summed E-state index contributed by atoms with van der Waals surface area (Å²) in [6, 6.07) is 3.17. The molecular weight excluding hydrogens is 248 g/mol. The second kappa shape index (κ2) is 5.71. The second-order valence-electron chi connectivity index (χ2n) is 4.82. The third-order valence-corrected chi connectivity index (χ3v) is 4.71. The van der Waals surface area contributed by atoms with Gasteiger partial charge in [0.25, 0.3) is 0 Å². The molecule has 3 N–H and O–H groups in total. The van der Waals surface area contributed by atoms with Crippen molar-refractivity contribution in [3.05, 3.63) is 23.3 Å². The number of nitrogens with two attached hydrogens (primary N) is 1. The van der Waals surface area contributed by atoms with Gasteiger partial charge >= 0.3 is 0 Å². The predicted molar refractivity (Wildman–Crippen MR) is 75.0 cm³/mol. The second-order valence-corrected chi connectivity index (χ2v) is 6.59. The predicted octanol–water partition coefficient (Wildman–Crippen LogP) is 2.21. The van der Waals surface area contributed by atoms with Gasteiger partial charge in [0.15, 0.2) is 0 Å². The van der Waals surface area contributed by atoms with Gasteiger partial charge in [0, 0.05) is 12.2 Å². The molecule has 1 aromatic carbocycles. The number of nitrogen functional groups attached to an aromatic ring is 1. The molecule has 0 aliphatic heterocycles. The van der Waals surface area contributed by atoms with E-state index in [-0.39, 0.29) is 4.90 Å². The number of benzene rings is 1. The molecule has 5 heteroatoms. The van der Waals surface area contributed by atoms with E-state index >= 15 is 0 Å². The van der Waals surface area contributed by atoms with Crippen LogP contribution in [0.5, 0.6) is 0 Å². The van der Waals surface area contributed by atoms with E-state index in [0.29, 0.717) is 18.2 Å². The van der Waals surface area contributed by atoms with Crippen LogP contribution < -0.4 is 10.5 Å². The zero-order valence-electron chi connectivity index (χ0n) is 11.4. The number of aryl methyl sites for hydroxylation is 1. The van der Waals surface area contributed by atoms with Crippen molar-refractivity contribution in [3.63, 3.8) is 0 Å². The third-order valence-electron chi connectivity index (χ3n) is 3.31. The first kappa shape index (κ1) is 15.0. The molecule has 1 aromatic rings. The van der Waals surface area contributed by atoms with Crippen molar-refractivity contribution < 1.29 is 8.42 Å². The first-order valence-corrected chi connectivity index (χ1v) is 7.62. The smallest absolute Gasteiger partial charge is 0.240 e. The Morgan fingerprint density at radius 3 is 2.44 bits per heavy atom. The van der Waals surface area contributed by atoms with Crippen molar-refractivity contribution in [3.8, 4) is 0 Å². The standard InChI is InChI=1S/C13H22N2O2S/c1-5-9(2)8-15-18(16,17)12-6-10(3)11(4)13(14)7-12/h6-7,9,15H,5,8,14H2,1-4H3. The normalized spacial score (nSPS) is 13.6. The van der Waals surface area contributed by atoms with Crippen molar-refractivity contribution >= 4 is 15.7 Å². The maximum Gasteiger partial charge on any atom is 0.240 e. The van der Waals surface area contributed by atoms with Crippen LogP contribution in [-0.4, -0.2) is 15.0 Å². The van der Waals surface area contributed by atoms with Crippen LogP contribution in [-0.2, 0) is 10.0 Å². The molecule has 18 heavy (non-hydrogen) atoms. The van der Waals surface area contributed by atoms with Crippen molar-refractivity contribution in [1.29, 1.82) is 0 Å². The Bertz CT molecular complexity index is 501. The summed E-state index contributed by atoms with van der Waals surface area (Å²) in [5.41, 5.74) is 8.14. The first-order valence-electron chi connectivity index (χ1n) is 6.14. The van der Waals surface area contributed by atoms with Crippen molar-refractivity contribution in [2.24, 2.45) is 5.92 Å². The number of rotatable bonds is 5. The van der Waals surface area contributed by atoms with Gasteiger partial charge in [-0.3, -0.25) is 0 Å². The first-order chi connectivity index (χ1) is 8.27. The summed E-state index contributed by atoms with van der Waals surface area (Å²) in [5.74, 6) is 0.323. The van der Waals surface area contributed by atoms with Crippen molar-refractivity contribution in [2.45, 2.75) is 39.0 Å². The lowest BCUT2D eigenvalue weighted by Crippen LogP contribution is -2.28. The summed E-state index contributed by atoms with van der Waals surface area (Å²) in [6.07, 6.45) is 0.942. The summed E-state index contributed by atoms with van der Waals surface area (Å²) >= 11 is 0. The van der Waals surface area contributed by atoms with Crippen LogP contribution in [0.4, 0.5) is 5.69 Å². The highest BCUT2D eigenvalue weighted by molar-refractivity contribution is 7.89. The van der Waals surface area contributed by atoms with Gasteiger partial charge < -0.3 is 5.73 Å². The van der Waals surface area contributed by atoms with E-state index in [9.17, 15) is 8.42 Å². The molecule has 102 valence electrons. The lowest BCUT2D eigenvalue weighted by molar-refractivity contribution is 0.528. The van der Waals surface area contributed by atoms with Gasteiger partial charge in [-0.2, -0.15) is 0 Å². The maximum atomic E-state index is 12.1. The summed E-state index contributed by atoms with van der Waals surface area (Å²) in [4.78, 5) is 0.242. The molecule has 0 radical (unpaired) electrons. The number of nitrogens with one attached hydrogen (secondary N) is 1. The molecule has 4 nitrogen and oxygen atoms in total. The Morgan fingerprint density at radius 1 is 1.33 bits per heavy atom. The van der Waals surface area contributed by atoms with Crippen LogP contribution in [0, 0.1) is 19.8 Å². The van der Waals surface area contributed by atoms with E-state index in [2.05, 4.69) is 4.72 Å². The van der Waals surface area contributed by atoms with Crippen LogP contribution in [0.25, 0.3) is 0 Å². The molecule has 0 heterocycles. The molecule has 1 unspecified atom stereocenters. The molecule has 0 bridgehead atoms. The summed E-state index contributed by atoms with van der Waals surface area (Å²) in [7, 11) is -3.46. The molecule has 0 aliphatic carbocycles. The number of sulfonamides is 1. The fourth-order valence-electron chi connectivity index (χ4n) is 1.49. The lowest BCUT2D eigenvalue weighted by atomic mass is 10.1. The molecule has 0 spiro atoms. The molecule has 0 aromatic heterocycles. The Hall–Kier alpha value is -1.07. The van der Waals surface area contributed by atoms with E-state index in [1.165, 1.54) is 6.07 Å². The van der Waals surface area contributed by atoms with E-state index in [1.807, 2.05) is 27.7 Å². The van der Waals surface area contributed by atoms with Crippen LogP contribution >= 0.6 is 0 Å². The lowest BCUT2D eigenvalue weighted by Gasteiger charge is -2.13. The Balaban J connectivity index is 2.99. The van der Waals surface area contributed by atoms with Crippen LogP contribution in [0.3, 0.4) is 0 Å². The van der Waals surface area contributed by atoms with Crippen molar-refractivity contribution in [1.82, 2.24) is 4.72 Å². The monoisotopic (exact) mass is 270 g/mol. The average molecular weight is 270 g/mol. The highest BCUT2D eigenvalue weighted by atomic mass is 32.2. The highest BCUT2D eigenvalue weighted by Crippen LogP contribution is 2.21. The Morgan fingerprint density at radius 2 is 1.94 bits per heavy atom. The zero-order chi connectivity index (χ0) is 13.9. The molecular formula is C13H22N2O2S. The van der Waals surface area contributed by atoms with Crippen molar-refractivity contribution in [2.75, 3.05) is 12.3 Å². The molecule has 0 amide bonds. The quantitative estimate of drug-likeness (QED) is 0.806. The largest absolute Gasteiger partial charge is 0.398 e. The molecule has 0 saturated carbocycles. The highest BCUT2D eigenvalue weighted by Gasteiger charge is 2.16. The maximum absolute atomic E-state index is 12.1. The van der Waals surface area contributed by atoms with Gasteiger partial charge in [-0.05, 0) is 43.0 Å². The summed E-state index contributed by atoms with van der Waals surface area (Å²) < 4.78 is 26.8. The van der Waals surface area contributed by atoms with Gasteiger partial charge in [-0.25, -0.2) is 13.1 Å². The molecule has 0 saturated heterocycles. The van der Waals surface area contributed by atoms with E-state index in [0.717, 1.165) is 17.5 Å². The third kappa shape index (κ3) is 3.46. The number of hydrogen-bond acceptors (Lipinski definition) is 3. The van der Waals surface area contributed by atoms with Gasteiger partial charge in [0.2, 0.25) is 10.0 Å². The summed E-state index contributed by atoms with van der Waals surface area (Å²) in [6.45, 7) is 8.24. The molecule has 0 aliphatic rings. The fraction of sp³-hybridized carbons (Fsp3) is 0.538. The number of hydrogen-bond donors (Lipinski definition) is 2. The Labute approximate surface area is 110 Å². The SMILES string of the molecule is CCC(C)CNS(=O)(=O)c1cc(C)c(C)c(N)c1. The molecule has 1 atom stereocenters. The zero-order valence-corrected chi connectivity index (χ0v) is 12.3. The summed E-state index contributed by atoms with van der Waals surface area (Å²) in [5, 5.41) is 0.